The van der Waals surface area contributed by atoms with Crippen molar-refractivity contribution in [3.8, 4) is 0 Å². The molecule has 0 aliphatic carbocycles. The smallest absolute Gasteiger partial charge is 0.166 e. The molecule has 0 amide bonds. The summed E-state index contributed by atoms with van der Waals surface area (Å²) in [5.74, 6) is 1.77. The summed E-state index contributed by atoms with van der Waals surface area (Å²) in [4.78, 5) is 15.8. The van der Waals surface area contributed by atoms with Gasteiger partial charge in [0, 0.05) is 11.5 Å². The van der Waals surface area contributed by atoms with Crippen molar-refractivity contribution >= 4 is 45.6 Å². The van der Waals surface area contributed by atoms with Crippen LogP contribution in [0.15, 0.2) is 52.8 Å². The van der Waals surface area contributed by atoms with E-state index in [1.807, 2.05) is 24.3 Å². The Bertz CT molecular complexity index is 978. The van der Waals surface area contributed by atoms with Crippen LogP contribution in [-0.2, 0) is 4.74 Å². The highest BCUT2D eigenvalue weighted by molar-refractivity contribution is 7.99. The fraction of sp³-hybridized carbons (Fsp3) is 0.263. The second-order valence-corrected chi connectivity index (χ2v) is 8.10. The lowest BCUT2D eigenvalue weighted by atomic mass is 10.2. The molecule has 7 heteroatoms. The Morgan fingerprint density at radius 2 is 1.50 bits per heavy atom. The van der Waals surface area contributed by atoms with Crippen LogP contribution in [0.3, 0.4) is 0 Å². The van der Waals surface area contributed by atoms with Gasteiger partial charge in [0.1, 0.15) is 0 Å². The van der Waals surface area contributed by atoms with Gasteiger partial charge in [0.2, 0.25) is 0 Å². The minimum Gasteiger partial charge on any atom is -0.380 e. The zero-order chi connectivity index (χ0) is 17.8. The predicted octanol–water partition coefficient (Wildman–Crippen LogP) is 4.65. The molecule has 4 rings (SSSR count). The van der Waals surface area contributed by atoms with Crippen molar-refractivity contribution in [2.45, 2.75) is 17.2 Å². The lowest BCUT2D eigenvalue weighted by molar-refractivity contribution is 0.167. The average Bonchev–Trinajstić information content (AvgIpc) is 3.23. The first-order valence-electron chi connectivity index (χ1n) is 8.52. The maximum Gasteiger partial charge on any atom is 0.166 e. The van der Waals surface area contributed by atoms with Crippen LogP contribution in [0.1, 0.15) is 5.56 Å². The number of benzene rings is 2. The highest BCUT2D eigenvalue weighted by Crippen LogP contribution is 2.21. The van der Waals surface area contributed by atoms with E-state index in [0.29, 0.717) is 13.2 Å². The van der Waals surface area contributed by atoms with Gasteiger partial charge in [0.05, 0.1) is 35.3 Å². The number of hydrogen-bond donors (Lipinski definition) is 2. The molecule has 0 saturated carbocycles. The molecule has 2 aromatic carbocycles. The van der Waals surface area contributed by atoms with Gasteiger partial charge in [0.25, 0.3) is 0 Å². The standard InChI is InChI=1S/C19H20N4OS2/c1-13-6-7-16-17(12-13)23-19(22-16)26-11-9-24-8-10-25-18-20-14-4-2-3-5-15(14)21-18/h2-7,12H,8-11H2,1H3,(H,20,21)(H,22,23). The van der Waals surface area contributed by atoms with Crippen LogP contribution >= 0.6 is 23.5 Å². The quantitative estimate of drug-likeness (QED) is 0.342. The molecule has 0 fully saturated rings. The number of rotatable bonds is 8. The van der Waals surface area contributed by atoms with Crippen LogP contribution in [0.4, 0.5) is 0 Å². The number of aromatic amines is 2. The van der Waals surface area contributed by atoms with Gasteiger partial charge in [-0.15, -0.1) is 0 Å². The first kappa shape index (κ1) is 17.5. The van der Waals surface area contributed by atoms with E-state index >= 15 is 0 Å². The van der Waals surface area contributed by atoms with Gasteiger partial charge in [0.15, 0.2) is 10.3 Å². The zero-order valence-corrected chi connectivity index (χ0v) is 16.1. The fourth-order valence-corrected chi connectivity index (χ4v) is 4.14. The van der Waals surface area contributed by atoms with Crippen LogP contribution in [0, 0.1) is 6.92 Å². The SMILES string of the molecule is Cc1ccc2nc(SCCOCCSc3nc4ccccc4[nH]3)[nH]c2c1. The molecular weight excluding hydrogens is 364 g/mol. The van der Waals surface area contributed by atoms with Gasteiger partial charge in [-0.3, -0.25) is 0 Å². The third-order valence-corrected chi connectivity index (χ3v) is 5.59. The maximum absolute atomic E-state index is 5.72. The summed E-state index contributed by atoms with van der Waals surface area (Å²) in [6, 6.07) is 14.3. The topological polar surface area (TPSA) is 66.6 Å². The van der Waals surface area contributed by atoms with Crippen molar-refractivity contribution in [2.75, 3.05) is 24.7 Å². The molecule has 4 aromatic rings. The highest BCUT2D eigenvalue weighted by atomic mass is 32.2. The lowest BCUT2D eigenvalue weighted by Crippen LogP contribution is -2.01. The largest absolute Gasteiger partial charge is 0.380 e. The third kappa shape index (κ3) is 4.23. The van der Waals surface area contributed by atoms with Crippen molar-refractivity contribution in [1.29, 1.82) is 0 Å². The molecular formula is C19H20N4OS2. The second kappa shape index (κ2) is 8.16. The second-order valence-electron chi connectivity index (χ2n) is 5.93. The number of hydrogen-bond acceptors (Lipinski definition) is 5. The lowest BCUT2D eigenvalue weighted by Gasteiger charge is -2.02. The minimum absolute atomic E-state index is 0.710. The molecule has 0 atom stereocenters. The van der Waals surface area contributed by atoms with Crippen molar-refractivity contribution in [1.82, 2.24) is 19.9 Å². The summed E-state index contributed by atoms with van der Waals surface area (Å²) in [6.07, 6.45) is 0. The number of fused-ring (bicyclic) bond motifs is 2. The molecule has 2 heterocycles. The number of aromatic nitrogens is 4. The Labute approximate surface area is 160 Å². The van der Waals surface area contributed by atoms with Gasteiger partial charge in [-0.25, -0.2) is 9.97 Å². The Balaban J connectivity index is 1.16. The molecule has 5 nitrogen and oxygen atoms in total. The molecule has 2 N–H and O–H groups in total. The van der Waals surface area contributed by atoms with Crippen LogP contribution in [0.2, 0.25) is 0 Å². The molecule has 0 unspecified atom stereocenters. The summed E-state index contributed by atoms with van der Waals surface area (Å²) >= 11 is 3.38. The van der Waals surface area contributed by atoms with Gasteiger partial charge in [-0.05, 0) is 36.8 Å². The molecule has 0 saturated heterocycles. The number of para-hydroxylation sites is 2. The Kier molecular flexibility index (Phi) is 5.48. The van der Waals surface area contributed by atoms with E-state index in [9.17, 15) is 0 Å². The summed E-state index contributed by atoms with van der Waals surface area (Å²) in [5, 5.41) is 1.90. The molecule has 134 valence electrons. The average molecular weight is 385 g/mol. The normalized spacial score (nSPS) is 11.6. The van der Waals surface area contributed by atoms with Gasteiger partial charge in [-0.2, -0.15) is 0 Å². The van der Waals surface area contributed by atoms with Gasteiger partial charge in [-0.1, -0.05) is 41.7 Å². The summed E-state index contributed by atoms with van der Waals surface area (Å²) < 4.78 is 5.72. The van der Waals surface area contributed by atoms with Crippen LogP contribution in [-0.4, -0.2) is 44.7 Å². The Morgan fingerprint density at radius 1 is 0.846 bits per heavy atom. The zero-order valence-electron chi connectivity index (χ0n) is 14.5. The van der Waals surface area contributed by atoms with E-state index < -0.39 is 0 Å². The molecule has 2 aromatic heterocycles. The molecule has 0 radical (unpaired) electrons. The first-order valence-corrected chi connectivity index (χ1v) is 10.5. The molecule has 0 spiro atoms. The van der Waals surface area contributed by atoms with E-state index in [1.165, 1.54) is 5.56 Å². The van der Waals surface area contributed by atoms with E-state index in [2.05, 4.69) is 45.1 Å². The van der Waals surface area contributed by atoms with Crippen LogP contribution < -0.4 is 0 Å². The van der Waals surface area contributed by atoms with E-state index in [4.69, 9.17) is 4.74 Å². The molecule has 0 aliphatic heterocycles. The number of ether oxygens (including phenoxy) is 1. The maximum atomic E-state index is 5.72. The number of thioether (sulfide) groups is 2. The van der Waals surface area contributed by atoms with E-state index in [0.717, 1.165) is 43.9 Å². The van der Waals surface area contributed by atoms with Gasteiger partial charge >= 0.3 is 0 Å². The van der Waals surface area contributed by atoms with Crippen molar-refractivity contribution in [3.63, 3.8) is 0 Å². The van der Waals surface area contributed by atoms with Crippen LogP contribution in [0.5, 0.6) is 0 Å². The van der Waals surface area contributed by atoms with Crippen molar-refractivity contribution in [3.05, 3.63) is 48.0 Å². The number of nitrogens with one attached hydrogen (secondary N) is 2. The molecule has 0 aliphatic rings. The van der Waals surface area contributed by atoms with E-state index in [1.54, 1.807) is 23.5 Å². The number of H-pyrrole nitrogens is 2. The van der Waals surface area contributed by atoms with E-state index in [-0.39, 0.29) is 0 Å². The Morgan fingerprint density at radius 3 is 2.23 bits per heavy atom. The molecule has 0 bridgehead atoms. The minimum atomic E-state index is 0.710. The number of imidazole rings is 2. The first-order chi connectivity index (χ1) is 12.8. The summed E-state index contributed by atoms with van der Waals surface area (Å²) in [5.41, 5.74) is 5.43. The third-order valence-electron chi connectivity index (χ3n) is 3.92. The monoisotopic (exact) mass is 384 g/mol. The number of nitrogens with zero attached hydrogens (tertiary/aromatic N) is 2. The summed E-state index contributed by atoms with van der Waals surface area (Å²) in [6.45, 7) is 3.51. The van der Waals surface area contributed by atoms with Crippen LogP contribution in [0.25, 0.3) is 22.1 Å². The molecule has 26 heavy (non-hydrogen) atoms. The highest BCUT2D eigenvalue weighted by Gasteiger charge is 2.04. The fourth-order valence-electron chi connectivity index (χ4n) is 2.66. The van der Waals surface area contributed by atoms with Gasteiger partial charge < -0.3 is 14.7 Å². The summed E-state index contributed by atoms with van der Waals surface area (Å²) in [7, 11) is 0. The number of aryl methyl sites for hydroxylation is 1. The Hall–Kier alpha value is -1.96. The predicted molar refractivity (Wildman–Crippen MR) is 109 cm³/mol. The van der Waals surface area contributed by atoms with Crippen molar-refractivity contribution in [2.24, 2.45) is 0 Å². The van der Waals surface area contributed by atoms with Crippen molar-refractivity contribution < 1.29 is 4.74 Å².